The summed E-state index contributed by atoms with van der Waals surface area (Å²) in [5.41, 5.74) is 0. The molecule has 2 atom stereocenters. The highest BCUT2D eigenvalue weighted by Crippen LogP contribution is 2.38. The minimum absolute atomic E-state index is 0.0181. The van der Waals surface area contributed by atoms with Gasteiger partial charge in [-0.2, -0.15) is 0 Å². The average Bonchev–Trinajstić information content (AvgIpc) is 3.16. The monoisotopic (exact) mass is 820 g/mol. The van der Waals surface area contributed by atoms with Gasteiger partial charge in [0.05, 0.1) is 34.4 Å². The zero-order valence-electron chi connectivity index (χ0n) is 37.3. The number of allylic oxidation sites excluding steroid dienone is 12. The molecule has 330 valence electrons. The number of carbonyl (C=O) groups is 1. The van der Waals surface area contributed by atoms with Crippen molar-refractivity contribution in [1.29, 1.82) is 0 Å². The Kier molecular flexibility index (Phi) is 39.2. The van der Waals surface area contributed by atoms with Gasteiger partial charge in [-0.3, -0.25) is 9.36 Å². The summed E-state index contributed by atoms with van der Waals surface area (Å²) in [4.78, 5) is 25.1. The van der Waals surface area contributed by atoms with E-state index >= 15 is 0 Å². The van der Waals surface area contributed by atoms with E-state index in [4.69, 9.17) is 18.5 Å². The number of phosphoric acid groups is 1. The van der Waals surface area contributed by atoms with Crippen LogP contribution in [0.15, 0.2) is 72.9 Å². The van der Waals surface area contributed by atoms with E-state index in [9.17, 15) is 14.3 Å². The summed E-state index contributed by atoms with van der Waals surface area (Å²) in [5.74, 6) is -0.360. The van der Waals surface area contributed by atoms with Crippen molar-refractivity contribution in [3.05, 3.63) is 72.9 Å². The summed E-state index contributed by atoms with van der Waals surface area (Å²) in [7, 11) is 1.33. The van der Waals surface area contributed by atoms with E-state index in [1.165, 1.54) is 64.2 Å². The first-order chi connectivity index (χ1) is 27.6. The standard InChI is InChI=1S/C48H86NO7P/c1-6-8-10-12-14-16-18-20-21-22-23-24-25-26-27-28-29-30-31-33-35-37-39-41-48(50)56-47(46-55-57(51,52)54-44-42-49(3,4)5)45-53-43-40-38-36-34-32-19-17-15-13-11-9-7-2/h8,10,14,16,20-21,23-24,26-27,29-30,47H,6-7,9,11-13,15,17-19,22,25,28,31-46H2,1-5H3/b10-8-,16-14-,21-20-,24-23-,27-26-,30-29-. The van der Waals surface area contributed by atoms with Crippen molar-refractivity contribution in [3.63, 3.8) is 0 Å². The van der Waals surface area contributed by atoms with Gasteiger partial charge in [-0.25, -0.2) is 0 Å². The Labute approximate surface area is 351 Å². The first kappa shape index (κ1) is 54.9. The summed E-state index contributed by atoms with van der Waals surface area (Å²) >= 11 is 0. The van der Waals surface area contributed by atoms with Crippen LogP contribution in [0.3, 0.4) is 0 Å². The molecule has 0 saturated heterocycles. The first-order valence-electron chi connectivity index (χ1n) is 22.7. The third-order valence-corrected chi connectivity index (χ3v) is 10.2. The molecule has 0 aliphatic heterocycles. The van der Waals surface area contributed by atoms with E-state index in [1.54, 1.807) is 0 Å². The number of nitrogens with zero attached hydrogens (tertiary/aromatic N) is 1. The molecule has 8 nitrogen and oxygen atoms in total. The lowest BCUT2D eigenvalue weighted by molar-refractivity contribution is -0.870. The molecule has 0 bridgehead atoms. The number of phosphoric ester groups is 1. The van der Waals surface area contributed by atoms with Crippen LogP contribution in [0.1, 0.15) is 168 Å². The predicted octanol–water partition coefficient (Wildman–Crippen LogP) is 12.9. The topological polar surface area (TPSA) is 94.1 Å². The second kappa shape index (κ2) is 40.7. The molecule has 0 rings (SSSR count). The van der Waals surface area contributed by atoms with Crippen LogP contribution in [0.4, 0.5) is 0 Å². The molecular weight excluding hydrogens is 734 g/mol. The maximum Gasteiger partial charge on any atom is 0.306 e. The van der Waals surface area contributed by atoms with Gasteiger partial charge in [-0.1, -0.05) is 170 Å². The highest BCUT2D eigenvalue weighted by molar-refractivity contribution is 7.45. The molecule has 57 heavy (non-hydrogen) atoms. The fraction of sp³-hybridized carbons (Fsp3) is 0.729. The zero-order valence-corrected chi connectivity index (χ0v) is 38.2. The Hall–Kier alpha value is -2.06. The number of rotatable bonds is 41. The van der Waals surface area contributed by atoms with Crippen LogP contribution in [0.2, 0.25) is 0 Å². The number of unbranched alkanes of at least 4 members (excludes halogenated alkanes) is 15. The van der Waals surface area contributed by atoms with Crippen molar-refractivity contribution in [2.75, 3.05) is 54.1 Å². The van der Waals surface area contributed by atoms with Crippen molar-refractivity contribution in [3.8, 4) is 0 Å². The number of esters is 1. The number of hydrogen-bond donors (Lipinski definition) is 0. The summed E-state index contributed by atoms with van der Waals surface area (Å²) < 4.78 is 34.6. The molecule has 0 N–H and O–H groups in total. The molecule has 0 aliphatic carbocycles. The van der Waals surface area contributed by atoms with Crippen LogP contribution in [0, 0.1) is 0 Å². The Bertz CT molecular complexity index is 1140. The molecule has 0 saturated carbocycles. The Morgan fingerprint density at radius 2 is 1.02 bits per heavy atom. The van der Waals surface area contributed by atoms with E-state index in [-0.39, 0.29) is 32.2 Å². The normalized spacial score (nSPS) is 14.4. The highest BCUT2D eigenvalue weighted by atomic mass is 31.2. The van der Waals surface area contributed by atoms with Crippen LogP contribution >= 0.6 is 7.82 Å². The molecule has 0 heterocycles. The summed E-state index contributed by atoms with van der Waals surface area (Å²) in [6.45, 7) is 5.25. The lowest BCUT2D eigenvalue weighted by Crippen LogP contribution is -2.37. The van der Waals surface area contributed by atoms with E-state index in [2.05, 4.69) is 86.8 Å². The minimum Gasteiger partial charge on any atom is -0.756 e. The van der Waals surface area contributed by atoms with Crippen molar-refractivity contribution >= 4 is 13.8 Å². The molecule has 0 fully saturated rings. The van der Waals surface area contributed by atoms with E-state index in [0.717, 1.165) is 83.5 Å². The van der Waals surface area contributed by atoms with Gasteiger partial charge < -0.3 is 27.9 Å². The number of ether oxygens (including phenoxy) is 2. The van der Waals surface area contributed by atoms with Gasteiger partial charge in [0, 0.05) is 13.0 Å². The SMILES string of the molecule is CC/C=C\C/C=C\C/C=C\C/C=C\C/C=C\C/C=C\CCCCCCC(=O)OC(COCCCCCCCCCCCCCC)COP(=O)([O-])OCC[N+](C)(C)C. The average molecular weight is 820 g/mol. The van der Waals surface area contributed by atoms with Crippen molar-refractivity contribution in [2.45, 2.75) is 174 Å². The lowest BCUT2D eigenvalue weighted by atomic mass is 10.1. The summed E-state index contributed by atoms with van der Waals surface area (Å²) in [6, 6.07) is 0. The summed E-state index contributed by atoms with van der Waals surface area (Å²) in [6.07, 6.45) is 52.0. The zero-order chi connectivity index (χ0) is 42.0. The molecule has 9 heteroatoms. The molecule has 0 aromatic heterocycles. The van der Waals surface area contributed by atoms with Crippen LogP contribution in [-0.2, 0) is 27.9 Å². The quantitative estimate of drug-likeness (QED) is 0.0199. The Balaban J connectivity index is 4.26. The molecule has 0 aromatic rings. The molecule has 0 aromatic carbocycles. The van der Waals surface area contributed by atoms with Gasteiger partial charge >= 0.3 is 5.97 Å². The second-order valence-corrected chi connectivity index (χ2v) is 17.4. The van der Waals surface area contributed by atoms with Gasteiger partial charge in [0.1, 0.15) is 19.3 Å². The Morgan fingerprint density at radius 1 is 0.561 bits per heavy atom. The Morgan fingerprint density at radius 3 is 1.53 bits per heavy atom. The fourth-order valence-electron chi connectivity index (χ4n) is 5.78. The van der Waals surface area contributed by atoms with Crippen LogP contribution in [0.25, 0.3) is 0 Å². The van der Waals surface area contributed by atoms with Gasteiger partial charge in [-0.05, 0) is 64.2 Å². The fourth-order valence-corrected chi connectivity index (χ4v) is 6.51. The smallest absolute Gasteiger partial charge is 0.306 e. The minimum atomic E-state index is -4.53. The molecular formula is C48H86NO7P. The van der Waals surface area contributed by atoms with Crippen LogP contribution < -0.4 is 4.89 Å². The van der Waals surface area contributed by atoms with Gasteiger partial charge in [0.2, 0.25) is 0 Å². The van der Waals surface area contributed by atoms with E-state index < -0.39 is 13.9 Å². The number of carbonyl (C=O) groups excluding carboxylic acids is 1. The highest BCUT2D eigenvalue weighted by Gasteiger charge is 2.20. The largest absolute Gasteiger partial charge is 0.756 e. The van der Waals surface area contributed by atoms with Gasteiger partial charge in [0.15, 0.2) is 0 Å². The number of likely N-dealkylation sites (N-methyl/N-ethyl adjacent to an activating group) is 1. The lowest BCUT2D eigenvalue weighted by Gasteiger charge is -2.28. The van der Waals surface area contributed by atoms with Crippen molar-refractivity contribution in [2.24, 2.45) is 0 Å². The van der Waals surface area contributed by atoms with Crippen LogP contribution in [0.5, 0.6) is 0 Å². The van der Waals surface area contributed by atoms with Gasteiger partial charge in [-0.15, -0.1) is 0 Å². The van der Waals surface area contributed by atoms with Crippen LogP contribution in [-0.4, -0.2) is 70.7 Å². The third-order valence-electron chi connectivity index (χ3n) is 9.27. The molecule has 2 unspecified atom stereocenters. The van der Waals surface area contributed by atoms with E-state index in [1.807, 2.05) is 21.1 Å². The third kappa shape index (κ3) is 44.9. The molecule has 0 radical (unpaired) electrons. The molecule has 0 amide bonds. The van der Waals surface area contributed by atoms with Gasteiger partial charge in [0.25, 0.3) is 7.82 Å². The maximum absolute atomic E-state index is 12.7. The van der Waals surface area contributed by atoms with E-state index in [0.29, 0.717) is 17.6 Å². The second-order valence-electron chi connectivity index (χ2n) is 16.0. The number of hydrogen-bond acceptors (Lipinski definition) is 7. The van der Waals surface area contributed by atoms with Crippen molar-refractivity contribution < 1.29 is 37.3 Å². The maximum atomic E-state index is 12.7. The molecule has 0 aliphatic rings. The van der Waals surface area contributed by atoms with Crippen molar-refractivity contribution in [1.82, 2.24) is 0 Å². The number of quaternary nitrogens is 1. The summed E-state index contributed by atoms with van der Waals surface area (Å²) in [5, 5.41) is 0. The molecule has 0 spiro atoms. The first-order valence-corrected chi connectivity index (χ1v) is 24.1. The predicted molar refractivity (Wildman–Crippen MR) is 240 cm³/mol.